The molecule has 0 rings (SSSR count). The van der Waals surface area contributed by atoms with Crippen LogP contribution >= 0.6 is 0 Å². The van der Waals surface area contributed by atoms with E-state index in [9.17, 15) is 14.4 Å². The highest BCUT2D eigenvalue weighted by Gasteiger charge is 2.19. The second-order valence-electron chi connectivity index (χ2n) is 17.5. The number of hydrogen-bond acceptors (Lipinski definition) is 6. The first-order valence-electron chi connectivity index (χ1n) is 26.5. The minimum Gasteiger partial charge on any atom is -0.462 e. The molecule has 0 aliphatic rings. The molecule has 1 atom stereocenters. The molecule has 0 radical (unpaired) electrons. The first-order valence-corrected chi connectivity index (χ1v) is 26.5. The van der Waals surface area contributed by atoms with Crippen LogP contribution < -0.4 is 0 Å². The predicted octanol–water partition coefficient (Wildman–Crippen LogP) is 17.4. The van der Waals surface area contributed by atoms with E-state index in [0.717, 1.165) is 70.6 Å². The molecule has 0 aliphatic carbocycles. The van der Waals surface area contributed by atoms with E-state index in [2.05, 4.69) is 45.1 Å². The van der Waals surface area contributed by atoms with Crippen molar-refractivity contribution in [2.45, 2.75) is 258 Å². The maximum atomic E-state index is 12.8. The Labute approximate surface area is 389 Å². The molecule has 0 aromatic heterocycles. The summed E-state index contributed by atoms with van der Waals surface area (Å²) in [6.45, 7) is 6.44. The van der Waals surface area contributed by atoms with Crippen LogP contribution in [0.5, 0.6) is 0 Å². The van der Waals surface area contributed by atoms with Gasteiger partial charge in [0.2, 0.25) is 0 Å². The summed E-state index contributed by atoms with van der Waals surface area (Å²) in [4.78, 5) is 38.0. The smallest absolute Gasteiger partial charge is 0.306 e. The van der Waals surface area contributed by atoms with Gasteiger partial charge in [0.1, 0.15) is 13.2 Å². The fraction of sp³-hybridized carbons (Fsp3) is 0.737. The number of ether oxygens (including phenoxy) is 3. The summed E-state index contributed by atoms with van der Waals surface area (Å²) in [5, 5.41) is 0. The normalized spacial score (nSPS) is 12.6. The number of carbonyl (C=O) groups is 3. The molecule has 0 N–H and O–H groups in total. The Morgan fingerprint density at radius 1 is 0.333 bits per heavy atom. The van der Waals surface area contributed by atoms with Gasteiger partial charge in [-0.15, -0.1) is 0 Å². The molecule has 0 aromatic carbocycles. The Kier molecular flexibility index (Phi) is 48.9. The lowest BCUT2D eigenvalue weighted by Crippen LogP contribution is -2.30. The van der Waals surface area contributed by atoms with Gasteiger partial charge in [-0.1, -0.05) is 241 Å². The third-order valence-electron chi connectivity index (χ3n) is 11.3. The molecule has 0 spiro atoms. The van der Waals surface area contributed by atoms with Crippen molar-refractivity contribution in [3.63, 3.8) is 0 Å². The molecule has 6 heteroatoms. The first kappa shape index (κ1) is 59.9. The maximum absolute atomic E-state index is 12.8. The molecular weight excluding hydrogens is 781 g/mol. The number of hydrogen-bond donors (Lipinski definition) is 0. The van der Waals surface area contributed by atoms with Crippen LogP contribution in [0.25, 0.3) is 0 Å². The number of esters is 3. The predicted molar refractivity (Wildman–Crippen MR) is 270 cm³/mol. The first-order chi connectivity index (χ1) is 31.0. The average Bonchev–Trinajstić information content (AvgIpc) is 3.28. The van der Waals surface area contributed by atoms with Crippen LogP contribution in [-0.4, -0.2) is 37.2 Å². The van der Waals surface area contributed by atoms with Crippen molar-refractivity contribution < 1.29 is 28.6 Å². The summed E-state index contributed by atoms with van der Waals surface area (Å²) in [7, 11) is 0. The Morgan fingerprint density at radius 2 is 0.635 bits per heavy atom. The highest BCUT2D eigenvalue weighted by Crippen LogP contribution is 2.16. The second kappa shape index (κ2) is 51.5. The van der Waals surface area contributed by atoms with Crippen LogP contribution in [0.1, 0.15) is 252 Å². The highest BCUT2D eigenvalue weighted by molar-refractivity contribution is 5.71. The Balaban J connectivity index is 4.41. The summed E-state index contributed by atoms with van der Waals surface area (Å²) < 4.78 is 16.8. The van der Waals surface area contributed by atoms with Gasteiger partial charge in [-0.3, -0.25) is 14.4 Å². The van der Waals surface area contributed by atoms with Gasteiger partial charge in [0, 0.05) is 19.3 Å². The van der Waals surface area contributed by atoms with Crippen LogP contribution in [0.3, 0.4) is 0 Å². The van der Waals surface area contributed by atoms with Gasteiger partial charge in [0.25, 0.3) is 0 Å². The monoisotopic (exact) mass is 879 g/mol. The summed E-state index contributed by atoms with van der Waals surface area (Å²) in [6.07, 6.45) is 64.6. The minimum absolute atomic E-state index is 0.0936. The van der Waals surface area contributed by atoms with Gasteiger partial charge < -0.3 is 14.2 Å². The molecule has 0 amide bonds. The fourth-order valence-corrected chi connectivity index (χ4v) is 7.34. The lowest BCUT2D eigenvalue weighted by molar-refractivity contribution is -0.167. The van der Waals surface area contributed by atoms with E-state index in [1.54, 1.807) is 0 Å². The molecule has 63 heavy (non-hydrogen) atoms. The van der Waals surface area contributed by atoms with Crippen molar-refractivity contribution in [2.75, 3.05) is 13.2 Å². The molecule has 0 fully saturated rings. The second-order valence-corrected chi connectivity index (χ2v) is 17.5. The molecular formula is C57H98O6. The van der Waals surface area contributed by atoms with E-state index in [0.29, 0.717) is 19.3 Å². The van der Waals surface area contributed by atoms with Crippen LogP contribution in [-0.2, 0) is 28.6 Å². The molecule has 0 aliphatic heterocycles. The highest BCUT2D eigenvalue weighted by atomic mass is 16.6. The number of allylic oxidation sites excluding steroid dienone is 12. The topological polar surface area (TPSA) is 78.9 Å². The van der Waals surface area contributed by atoms with Gasteiger partial charge in [-0.2, -0.15) is 0 Å². The lowest BCUT2D eigenvalue weighted by atomic mass is 10.0. The van der Waals surface area contributed by atoms with Crippen molar-refractivity contribution in [3.05, 3.63) is 72.9 Å². The third-order valence-corrected chi connectivity index (χ3v) is 11.3. The number of rotatable bonds is 47. The molecule has 1 unspecified atom stereocenters. The Bertz CT molecular complexity index is 1190. The fourth-order valence-electron chi connectivity index (χ4n) is 7.34. The lowest BCUT2D eigenvalue weighted by Gasteiger charge is -2.18. The number of unbranched alkanes of at least 4 members (excludes halogenated alkanes) is 28. The average molecular weight is 879 g/mol. The van der Waals surface area contributed by atoms with Crippen molar-refractivity contribution >= 4 is 17.9 Å². The summed E-state index contributed by atoms with van der Waals surface area (Å²) in [5.41, 5.74) is 0. The number of carbonyl (C=O) groups excluding carboxylic acids is 3. The quantitative estimate of drug-likeness (QED) is 0.0199. The van der Waals surface area contributed by atoms with Gasteiger partial charge in [0.05, 0.1) is 0 Å². The molecule has 362 valence electrons. The Hall–Kier alpha value is -3.15. The van der Waals surface area contributed by atoms with E-state index in [4.69, 9.17) is 14.2 Å². The SMILES string of the molecule is CC\C=C/C=C\C=C/C=C\C=C/CCCCCC(=O)OC(COC(=O)CCCCCCC/C=C\CCCCC)COC(=O)CCCCCCCCCCCCCCCCCCCC. The van der Waals surface area contributed by atoms with E-state index >= 15 is 0 Å². The zero-order valence-electron chi connectivity index (χ0n) is 41.3. The largest absolute Gasteiger partial charge is 0.462 e. The zero-order valence-corrected chi connectivity index (χ0v) is 41.3. The van der Waals surface area contributed by atoms with E-state index in [1.165, 1.54) is 135 Å². The molecule has 0 saturated carbocycles. The summed E-state index contributed by atoms with van der Waals surface area (Å²) in [5.74, 6) is -0.941. The molecule has 0 heterocycles. The summed E-state index contributed by atoms with van der Waals surface area (Å²) in [6, 6.07) is 0. The third kappa shape index (κ3) is 49.7. The van der Waals surface area contributed by atoms with Gasteiger partial charge in [-0.05, 0) is 64.2 Å². The van der Waals surface area contributed by atoms with Crippen molar-refractivity contribution in [1.29, 1.82) is 0 Å². The van der Waals surface area contributed by atoms with E-state index < -0.39 is 6.10 Å². The zero-order chi connectivity index (χ0) is 45.8. The van der Waals surface area contributed by atoms with Gasteiger partial charge >= 0.3 is 17.9 Å². The van der Waals surface area contributed by atoms with E-state index in [-0.39, 0.29) is 37.5 Å². The van der Waals surface area contributed by atoms with Gasteiger partial charge in [0.15, 0.2) is 6.10 Å². The molecule has 0 bridgehead atoms. The van der Waals surface area contributed by atoms with Crippen LogP contribution in [0.15, 0.2) is 72.9 Å². The summed E-state index contributed by atoms with van der Waals surface area (Å²) >= 11 is 0. The molecule has 0 aromatic rings. The van der Waals surface area contributed by atoms with Gasteiger partial charge in [-0.25, -0.2) is 0 Å². The Morgan fingerprint density at radius 3 is 1.06 bits per heavy atom. The van der Waals surface area contributed by atoms with Crippen LogP contribution in [0.4, 0.5) is 0 Å². The van der Waals surface area contributed by atoms with E-state index in [1.807, 2.05) is 48.6 Å². The minimum atomic E-state index is -0.798. The van der Waals surface area contributed by atoms with Crippen molar-refractivity contribution in [1.82, 2.24) is 0 Å². The standard InChI is InChI=1S/C57H98O6/c1-4-7-10-13-16-19-22-25-27-28-29-31-32-35-38-41-44-47-50-56(59)62-53-54(52-61-55(58)49-46-43-40-37-34-24-21-18-15-12-9-6-3)63-57(60)51-48-45-42-39-36-33-30-26-23-20-17-14-11-8-5-2/h8,11,14,17-18,20-21,23,26,30,33,36,54H,4-7,9-10,12-13,15-16,19,22,24-25,27-29,31-32,34-35,37-53H2,1-3H3/b11-8-,17-14-,21-18-,23-20-,30-26-,36-33-. The van der Waals surface area contributed by atoms with Crippen molar-refractivity contribution in [3.8, 4) is 0 Å². The van der Waals surface area contributed by atoms with Crippen LogP contribution in [0, 0.1) is 0 Å². The maximum Gasteiger partial charge on any atom is 0.306 e. The molecule has 0 saturated heterocycles. The van der Waals surface area contributed by atoms with Crippen molar-refractivity contribution in [2.24, 2.45) is 0 Å². The molecule has 6 nitrogen and oxygen atoms in total. The van der Waals surface area contributed by atoms with Crippen LogP contribution in [0.2, 0.25) is 0 Å².